The van der Waals surface area contributed by atoms with Gasteiger partial charge in [-0.2, -0.15) is 0 Å². The summed E-state index contributed by atoms with van der Waals surface area (Å²) in [5, 5.41) is 11.7. The van der Waals surface area contributed by atoms with Crippen LogP contribution in [0.3, 0.4) is 0 Å². The first-order valence-electron chi connectivity index (χ1n) is 7.40. The van der Waals surface area contributed by atoms with Crippen LogP contribution in [0.4, 0.5) is 5.69 Å². The molecule has 0 bridgehead atoms. The summed E-state index contributed by atoms with van der Waals surface area (Å²) in [7, 11) is 1.45. The van der Waals surface area contributed by atoms with Crippen LogP contribution in [0.25, 0.3) is 10.8 Å². The first-order valence-corrected chi connectivity index (χ1v) is 7.40. The van der Waals surface area contributed by atoms with Crippen molar-refractivity contribution in [3.8, 4) is 11.5 Å². The summed E-state index contributed by atoms with van der Waals surface area (Å²) in [5.41, 5.74) is 0.538. The molecule has 0 fully saturated rings. The van der Waals surface area contributed by atoms with Gasteiger partial charge in [-0.3, -0.25) is 9.59 Å². The second kappa shape index (κ2) is 5.09. The molecule has 5 nitrogen and oxygen atoms in total. The van der Waals surface area contributed by atoms with Crippen molar-refractivity contribution in [3.05, 3.63) is 65.7 Å². The van der Waals surface area contributed by atoms with Crippen molar-refractivity contribution >= 4 is 28.3 Å². The molecule has 1 N–H and O–H groups in total. The number of fused-ring (bicyclic) bond motifs is 2. The molecule has 0 radical (unpaired) electrons. The molecule has 0 spiro atoms. The van der Waals surface area contributed by atoms with Crippen molar-refractivity contribution in [1.29, 1.82) is 0 Å². The number of para-hydroxylation sites is 1. The summed E-state index contributed by atoms with van der Waals surface area (Å²) in [6, 6.07) is 15.6. The highest BCUT2D eigenvalue weighted by Gasteiger charge is 2.42. The maximum Gasteiger partial charge on any atom is 0.270 e. The van der Waals surface area contributed by atoms with E-state index < -0.39 is 11.8 Å². The third kappa shape index (κ3) is 1.75. The predicted octanol–water partition coefficient (Wildman–Crippen LogP) is 3.35. The molecule has 118 valence electrons. The van der Waals surface area contributed by atoms with E-state index in [1.807, 2.05) is 0 Å². The van der Waals surface area contributed by atoms with E-state index in [2.05, 4.69) is 0 Å². The number of benzene rings is 3. The quantitative estimate of drug-likeness (QED) is 0.736. The number of carbonyl (C=O) groups is 2. The highest BCUT2D eigenvalue weighted by Crippen LogP contribution is 2.45. The summed E-state index contributed by atoms with van der Waals surface area (Å²) in [4.78, 5) is 26.8. The number of carbonyl (C=O) groups excluding carboxylic acids is 2. The van der Waals surface area contributed by atoms with Gasteiger partial charge in [0.1, 0.15) is 11.5 Å². The van der Waals surface area contributed by atoms with Gasteiger partial charge in [-0.25, -0.2) is 4.90 Å². The standard InChI is InChI=1S/C19H13NO4/c1-24-17-13-10-6-5-9-12(13)16(21)14-15(17)19(23)20(18(14)22)11-7-3-2-4-8-11/h2-10,21H,1H3. The fourth-order valence-electron chi connectivity index (χ4n) is 3.14. The Hall–Kier alpha value is -3.34. The van der Waals surface area contributed by atoms with Crippen LogP contribution in [0.1, 0.15) is 20.7 Å². The van der Waals surface area contributed by atoms with Gasteiger partial charge in [0.05, 0.1) is 23.9 Å². The zero-order valence-electron chi connectivity index (χ0n) is 12.8. The Morgan fingerprint density at radius 1 is 0.833 bits per heavy atom. The van der Waals surface area contributed by atoms with Crippen molar-refractivity contribution in [1.82, 2.24) is 0 Å². The lowest BCUT2D eigenvalue weighted by molar-refractivity contribution is 0.0925. The molecule has 0 unspecified atom stereocenters. The molecule has 2 amide bonds. The minimum atomic E-state index is -0.553. The van der Waals surface area contributed by atoms with E-state index in [1.54, 1.807) is 54.6 Å². The molecule has 0 aliphatic carbocycles. The topological polar surface area (TPSA) is 66.8 Å². The van der Waals surface area contributed by atoms with E-state index in [4.69, 9.17) is 4.74 Å². The average molecular weight is 319 g/mol. The Balaban J connectivity index is 2.05. The van der Waals surface area contributed by atoms with Crippen molar-refractivity contribution in [3.63, 3.8) is 0 Å². The number of imide groups is 1. The molecule has 5 heteroatoms. The van der Waals surface area contributed by atoms with Crippen LogP contribution >= 0.6 is 0 Å². The number of phenolic OH excluding ortho intramolecular Hbond substituents is 1. The summed E-state index contributed by atoms with van der Waals surface area (Å²) < 4.78 is 5.42. The zero-order valence-corrected chi connectivity index (χ0v) is 12.8. The summed E-state index contributed by atoms with van der Waals surface area (Å²) in [6.07, 6.45) is 0. The maximum atomic E-state index is 12.9. The minimum Gasteiger partial charge on any atom is -0.506 e. The van der Waals surface area contributed by atoms with Crippen LogP contribution in [0, 0.1) is 0 Å². The first kappa shape index (κ1) is 14.3. The monoisotopic (exact) mass is 319 g/mol. The summed E-state index contributed by atoms with van der Waals surface area (Å²) >= 11 is 0. The van der Waals surface area contributed by atoms with Crippen molar-refractivity contribution in [2.45, 2.75) is 0 Å². The molecular weight excluding hydrogens is 306 g/mol. The predicted molar refractivity (Wildman–Crippen MR) is 89.7 cm³/mol. The highest BCUT2D eigenvalue weighted by molar-refractivity contribution is 6.38. The third-order valence-electron chi connectivity index (χ3n) is 4.19. The molecule has 0 aromatic heterocycles. The Bertz CT molecular complexity index is 995. The van der Waals surface area contributed by atoms with Gasteiger partial charge in [-0.05, 0) is 12.1 Å². The number of rotatable bonds is 2. The fraction of sp³-hybridized carbons (Fsp3) is 0.0526. The van der Waals surface area contributed by atoms with Crippen LogP contribution in [0.5, 0.6) is 11.5 Å². The van der Waals surface area contributed by atoms with Gasteiger partial charge < -0.3 is 9.84 Å². The Morgan fingerprint density at radius 2 is 1.42 bits per heavy atom. The van der Waals surface area contributed by atoms with E-state index in [-0.39, 0.29) is 16.9 Å². The number of methoxy groups -OCH3 is 1. The molecule has 0 saturated carbocycles. The van der Waals surface area contributed by atoms with E-state index >= 15 is 0 Å². The lowest BCUT2D eigenvalue weighted by Gasteiger charge is -2.13. The Labute approximate surface area is 137 Å². The summed E-state index contributed by atoms with van der Waals surface area (Å²) in [5.74, 6) is -0.949. The van der Waals surface area contributed by atoms with Crippen molar-refractivity contribution in [2.24, 2.45) is 0 Å². The third-order valence-corrected chi connectivity index (χ3v) is 4.19. The molecule has 24 heavy (non-hydrogen) atoms. The van der Waals surface area contributed by atoms with E-state index in [0.29, 0.717) is 22.2 Å². The highest BCUT2D eigenvalue weighted by atomic mass is 16.5. The van der Waals surface area contributed by atoms with Gasteiger partial charge in [-0.15, -0.1) is 0 Å². The molecule has 0 saturated heterocycles. The van der Waals surface area contributed by atoms with Crippen LogP contribution in [0.15, 0.2) is 54.6 Å². The number of nitrogens with zero attached hydrogens (tertiary/aromatic N) is 1. The Morgan fingerprint density at radius 3 is 2.08 bits per heavy atom. The van der Waals surface area contributed by atoms with Gasteiger partial charge in [0.2, 0.25) is 0 Å². The lowest BCUT2D eigenvalue weighted by Crippen LogP contribution is -2.29. The van der Waals surface area contributed by atoms with Crippen LogP contribution in [-0.2, 0) is 0 Å². The van der Waals surface area contributed by atoms with Gasteiger partial charge in [0.25, 0.3) is 11.8 Å². The number of amides is 2. The van der Waals surface area contributed by atoms with Crippen molar-refractivity contribution in [2.75, 3.05) is 12.0 Å². The molecule has 1 heterocycles. The van der Waals surface area contributed by atoms with Crippen LogP contribution in [-0.4, -0.2) is 24.0 Å². The van der Waals surface area contributed by atoms with Crippen LogP contribution in [0.2, 0.25) is 0 Å². The SMILES string of the molecule is COc1c2c(c(O)c3ccccc13)C(=O)N(c1ccccc1)C2=O. The molecule has 3 aromatic rings. The second-order valence-corrected chi connectivity index (χ2v) is 5.46. The zero-order chi connectivity index (χ0) is 16.8. The number of ether oxygens (including phenoxy) is 1. The smallest absolute Gasteiger partial charge is 0.270 e. The number of aromatic hydroxyl groups is 1. The van der Waals surface area contributed by atoms with E-state index in [0.717, 1.165) is 4.90 Å². The van der Waals surface area contributed by atoms with Gasteiger partial charge in [0, 0.05) is 10.8 Å². The fourth-order valence-corrected chi connectivity index (χ4v) is 3.14. The molecule has 3 aromatic carbocycles. The lowest BCUT2D eigenvalue weighted by atomic mass is 9.99. The summed E-state index contributed by atoms with van der Waals surface area (Å²) in [6.45, 7) is 0. The van der Waals surface area contributed by atoms with Gasteiger partial charge in [0.15, 0.2) is 0 Å². The second-order valence-electron chi connectivity index (χ2n) is 5.46. The first-order chi connectivity index (χ1) is 11.6. The molecule has 1 aliphatic rings. The average Bonchev–Trinajstić information content (AvgIpc) is 2.88. The minimum absolute atomic E-state index is 0.0144. The number of hydrogen-bond acceptors (Lipinski definition) is 4. The normalized spacial score (nSPS) is 13.5. The van der Waals surface area contributed by atoms with Crippen LogP contribution < -0.4 is 9.64 Å². The number of hydrogen-bond donors (Lipinski definition) is 1. The number of anilines is 1. The van der Waals surface area contributed by atoms with E-state index in [9.17, 15) is 14.7 Å². The molecular formula is C19H13NO4. The maximum absolute atomic E-state index is 12.9. The van der Waals surface area contributed by atoms with Gasteiger partial charge in [-0.1, -0.05) is 42.5 Å². The van der Waals surface area contributed by atoms with Gasteiger partial charge >= 0.3 is 0 Å². The Kier molecular flexibility index (Phi) is 3.03. The van der Waals surface area contributed by atoms with Crippen molar-refractivity contribution < 1.29 is 19.4 Å². The number of phenols is 1. The molecule has 4 rings (SSSR count). The molecule has 0 atom stereocenters. The largest absolute Gasteiger partial charge is 0.506 e. The molecule has 1 aliphatic heterocycles. The van der Waals surface area contributed by atoms with E-state index in [1.165, 1.54) is 7.11 Å².